The Bertz CT molecular complexity index is 419. The number of halogens is 1. The minimum absolute atomic E-state index is 0. The first-order valence-corrected chi connectivity index (χ1v) is 6.74. The number of nitrogens with zero attached hydrogens (tertiary/aromatic N) is 2. The van der Waals surface area contributed by atoms with E-state index in [1.807, 2.05) is 24.8 Å². The van der Waals surface area contributed by atoms with Gasteiger partial charge in [-0.15, -0.1) is 12.4 Å². The summed E-state index contributed by atoms with van der Waals surface area (Å²) < 4.78 is 0. The van der Waals surface area contributed by atoms with E-state index >= 15 is 0 Å². The zero-order chi connectivity index (χ0) is 13.1. The van der Waals surface area contributed by atoms with Crippen LogP contribution < -0.4 is 5.73 Å². The normalized spacial score (nSPS) is 20.8. The van der Waals surface area contributed by atoms with Crippen LogP contribution in [-0.2, 0) is 6.42 Å². The number of piperidine rings is 1. The monoisotopic (exact) mass is 286 g/mol. The molecule has 2 heterocycles. The van der Waals surface area contributed by atoms with Crippen LogP contribution in [0.4, 0.5) is 0 Å². The third-order valence-corrected chi connectivity index (χ3v) is 3.65. The van der Waals surface area contributed by atoms with E-state index in [2.05, 4.69) is 10.2 Å². The number of rotatable bonds is 3. The second kappa shape index (κ2) is 6.91. The molecule has 2 unspecified atom stereocenters. The Morgan fingerprint density at radius 2 is 2.37 bits per heavy atom. The Balaban J connectivity index is 0.00000180. The Labute approximate surface area is 120 Å². The molecule has 5 nitrogen and oxygen atoms in total. The first-order valence-electron chi connectivity index (χ1n) is 6.74. The minimum atomic E-state index is 0. The van der Waals surface area contributed by atoms with Crippen LogP contribution in [0, 0.1) is 0 Å². The van der Waals surface area contributed by atoms with Crippen molar-refractivity contribution < 1.29 is 4.79 Å². The summed E-state index contributed by atoms with van der Waals surface area (Å²) in [6.07, 6.45) is 4.06. The van der Waals surface area contributed by atoms with Crippen LogP contribution in [0.3, 0.4) is 0 Å². The summed E-state index contributed by atoms with van der Waals surface area (Å²) in [7, 11) is 0. The first kappa shape index (κ1) is 16.0. The van der Waals surface area contributed by atoms with Crippen LogP contribution in [0.1, 0.15) is 49.3 Å². The summed E-state index contributed by atoms with van der Waals surface area (Å²) in [4.78, 5) is 14.3. The van der Waals surface area contributed by atoms with Gasteiger partial charge in [-0.25, -0.2) is 0 Å². The maximum Gasteiger partial charge on any atom is 0.274 e. The highest BCUT2D eigenvalue weighted by atomic mass is 35.5. The number of nitrogens with one attached hydrogen (secondary N) is 1. The SMILES string of the molecule is CCc1cc(C(=O)N2CCCCC2C(C)N)n[nH]1.Cl. The highest BCUT2D eigenvalue weighted by molar-refractivity contribution is 5.92. The third kappa shape index (κ3) is 3.48. The van der Waals surface area contributed by atoms with Crippen LogP contribution in [0.15, 0.2) is 6.07 Å². The molecule has 1 aromatic heterocycles. The molecule has 1 fully saturated rings. The van der Waals surface area contributed by atoms with Crippen LogP contribution in [-0.4, -0.2) is 39.6 Å². The van der Waals surface area contributed by atoms with Gasteiger partial charge in [-0.05, 0) is 38.7 Å². The van der Waals surface area contributed by atoms with Gasteiger partial charge in [0.1, 0.15) is 5.69 Å². The predicted octanol–water partition coefficient (Wildman–Crippen LogP) is 1.74. The lowest BCUT2D eigenvalue weighted by Crippen LogP contribution is -2.51. The molecule has 0 spiro atoms. The molecule has 0 bridgehead atoms. The van der Waals surface area contributed by atoms with Crippen molar-refractivity contribution in [2.45, 2.75) is 51.6 Å². The maximum atomic E-state index is 12.4. The molecule has 0 aromatic carbocycles. The molecule has 1 amide bonds. The van der Waals surface area contributed by atoms with Gasteiger partial charge in [0.05, 0.1) is 0 Å². The fourth-order valence-electron chi connectivity index (χ4n) is 2.56. The molecule has 19 heavy (non-hydrogen) atoms. The van der Waals surface area contributed by atoms with Crippen molar-refractivity contribution in [2.24, 2.45) is 5.73 Å². The van der Waals surface area contributed by atoms with Gasteiger partial charge in [0, 0.05) is 24.3 Å². The fraction of sp³-hybridized carbons (Fsp3) is 0.692. The maximum absolute atomic E-state index is 12.4. The Morgan fingerprint density at radius 3 is 2.95 bits per heavy atom. The molecule has 6 heteroatoms. The average molecular weight is 287 g/mol. The van der Waals surface area contributed by atoms with Crippen molar-refractivity contribution in [3.63, 3.8) is 0 Å². The van der Waals surface area contributed by atoms with E-state index in [-0.39, 0.29) is 30.4 Å². The quantitative estimate of drug-likeness (QED) is 0.889. The molecular weight excluding hydrogens is 264 g/mol. The van der Waals surface area contributed by atoms with Crippen LogP contribution in [0.2, 0.25) is 0 Å². The van der Waals surface area contributed by atoms with Crippen LogP contribution >= 0.6 is 12.4 Å². The van der Waals surface area contributed by atoms with E-state index in [1.165, 1.54) is 0 Å². The lowest BCUT2D eigenvalue weighted by atomic mass is 9.96. The lowest BCUT2D eigenvalue weighted by Gasteiger charge is -2.37. The van der Waals surface area contributed by atoms with Crippen molar-refractivity contribution in [1.82, 2.24) is 15.1 Å². The molecule has 2 rings (SSSR count). The number of carbonyl (C=O) groups excluding carboxylic acids is 1. The number of aromatic amines is 1. The highest BCUT2D eigenvalue weighted by Gasteiger charge is 2.30. The number of carbonyl (C=O) groups is 1. The number of likely N-dealkylation sites (tertiary alicyclic amines) is 1. The van der Waals surface area contributed by atoms with Crippen molar-refractivity contribution in [3.05, 3.63) is 17.5 Å². The zero-order valence-electron chi connectivity index (χ0n) is 11.6. The van der Waals surface area contributed by atoms with Crippen molar-refractivity contribution in [3.8, 4) is 0 Å². The summed E-state index contributed by atoms with van der Waals surface area (Å²) in [6.45, 7) is 4.80. The minimum Gasteiger partial charge on any atom is -0.333 e. The molecule has 1 aromatic rings. The van der Waals surface area contributed by atoms with Gasteiger partial charge >= 0.3 is 0 Å². The van der Waals surface area contributed by atoms with Crippen molar-refractivity contribution in [2.75, 3.05) is 6.54 Å². The van der Waals surface area contributed by atoms with E-state index in [4.69, 9.17) is 5.73 Å². The zero-order valence-corrected chi connectivity index (χ0v) is 12.4. The number of aromatic nitrogens is 2. The number of nitrogens with two attached hydrogens (primary N) is 1. The number of H-pyrrole nitrogens is 1. The average Bonchev–Trinajstić information content (AvgIpc) is 2.86. The molecule has 0 saturated carbocycles. The molecule has 108 valence electrons. The summed E-state index contributed by atoms with van der Waals surface area (Å²) in [5.74, 6) is 0.00736. The molecule has 0 aliphatic carbocycles. The highest BCUT2D eigenvalue weighted by Crippen LogP contribution is 2.21. The van der Waals surface area contributed by atoms with Gasteiger partial charge in [0.2, 0.25) is 0 Å². The van der Waals surface area contributed by atoms with E-state index in [1.54, 1.807) is 0 Å². The van der Waals surface area contributed by atoms with E-state index < -0.39 is 0 Å². The fourth-order valence-corrected chi connectivity index (χ4v) is 2.56. The van der Waals surface area contributed by atoms with Gasteiger partial charge in [0.25, 0.3) is 5.91 Å². The van der Waals surface area contributed by atoms with Gasteiger partial charge in [-0.3, -0.25) is 9.89 Å². The molecule has 2 atom stereocenters. The standard InChI is InChI=1S/C13H22N4O.ClH/c1-3-10-8-11(16-15-10)13(18)17-7-5-4-6-12(17)9(2)14;/h8-9,12H,3-7,14H2,1-2H3,(H,15,16);1H. The summed E-state index contributed by atoms with van der Waals surface area (Å²) in [5.41, 5.74) is 7.49. The molecule has 1 aliphatic rings. The number of amides is 1. The molecule has 1 aliphatic heterocycles. The van der Waals surface area contributed by atoms with Gasteiger partial charge < -0.3 is 10.6 Å². The van der Waals surface area contributed by atoms with Crippen LogP contribution in [0.25, 0.3) is 0 Å². The molecular formula is C13H23ClN4O. The summed E-state index contributed by atoms with van der Waals surface area (Å²) in [6, 6.07) is 2.00. The predicted molar refractivity (Wildman–Crippen MR) is 77.5 cm³/mol. The molecule has 0 radical (unpaired) electrons. The summed E-state index contributed by atoms with van der Waals surface area (Å²) in [5, 5.41) is 6.99. The third-order valence-electron chi connectivity index (χ3n) is 3.65. The Hall–Kier alpha value is -1.07. The first-order chi connectivity index (χ1) is 8.63. The topological polar surface area (TPSA) is 75.0 Å². The molecule has 3 N–H and O–H groups in total. The number of aryl methyl sites for hydroxylation is 1. The van der Waals surface area contributed by atoms with Crippen molar-refractivity contribution in [1.29, 1.82) is 0 Å². The van der Waals surface area contributed by atoms with Gasteiger partial charge in [-0.2, -0.15) is 5.10 Å². The van der Waals surface area contributed by atoms with Crippen LogP contribution in [0.5, 0.6) is 0 Å². The summed E-state index contributed by atoms with van der Waals surface area (Å²) >= 11 is 0. The largest absolute Gasteiger partial charge is 0.333 e. The number of hydrogen-bond donors (Lipinski definition) is 2. The molecule has 1 saturated heterocycles. The lowest BCUT2D eigenvalue weighted by molar-refractivity contribution is 0.0577. The van der Waals surface area contributed by atoms with Gasteiger partial charge in [-0.1, -0.05) is 6.92 Å². The van der Waals surface area contributed by atoms with Gasteiger partial charge in [0.15, 0.2) is 0 Å². The van der Waals surface area contributed by atoms with E-state index in [0.717, 1.165) is 37.9 Å². The Kier molecular flexibility index (Phi) is 5.82. The second-order valence-electron chi connectivity index (χ2n) is 5.05. The smallest absolute Gasteiger partial charge is 0.274 e. The van der Waals surface area contributed by atoms with Crippen molar-refractivity contribution >= 4 is 18.3 Å². The second-order valence-corrected chi connectivity index (χ2v) is 5.05. The van der Waals surface area contributed by atoms with E-state index in [9.17, 15) is 4.79 Å². The van der Waals surface area contributed by atoms with E-state index in [0.29, 0.717) is 5.69 Å². The Morgan fingerprint density at radius 1 is 1.63 bits per heavy atom. The number of hydrogen-bond acceptors (Lipinski definition) is 3.